The Morgan fingerprint density at radius 1 is 1.14 bits per heavy atom. The van der Waals surface area contributed by atoms with E-state index in [1.807, 2.05) is 25.7 Å². The van der Waals surface area contributed by atoms with Crippen LogP contribution in [0.25, 0.3) is 0 Å². The highest BCUT2D eigenvalue weighted by molar-refractivity contribution is 5.80. The lowest BCUT2D eigenvalue weighted by molar-refractivity contribution is -0.135. The maximum Gasteiger partial charge on any atom is 0.410 e. The fourth-order valence-corrected chi connectivity index (χ4v) is 3.94. The van der Waals surface area contributed by atoms with Crippen molar-refractivity contribution in [2.45, 2.75) is 45.6 Å². The molecule has 1 N–H and O–H groups in total. The van der Waals surface area contributed by atoms with E-state index < -0.39 is 5.60 Å². The van der Waals surface area contributed by atoms with Gasteiger partial charge in [-0.2, -0.15) is 0 Å². The summed E-state index contributed by atoms with van der Waals surface area (Å²) in [7, 11) is 1.55. The monoisotopic (exact) mass is 390 g/mol. The van der Waals surface area contributed by atoms with Crippen molar-refractivity contribution in [3.63, 3.8) is 0 Å². The first-order valence-electron chi connectivity index (χ1n) is 9.72. The summed E-state index contributed by atoms with van der Waals surface area (Å²) in [6, 6.07) is 4.79. The number of rotatable bonds is 3. The van der Waals surface area contributed by atoms with Gasteiger partial charge in [-0.1, -0.05) is 0 Å². The lowest BCUT2D eigenvalue weighted by Crippen LogP contribution is -2.62. The number of methoxy groups -OCH3 is 1. The van der Waals surface area contributed by atoms with E-state index in [4.69, 9.17) is 9.47 Å². The summed E-state index contributed by atoms with van der Waals surface area (Å²) in [5.74, 6) is 0.756. The van der Waals surface area contributed by atoms with Crippen LogP contribution >= 0.6 is 0 Å². The smallest absolute Gasteiger partial charge is 0.410 e. The summed E-state index contributed by atoms with van der Waals surface area (Å²) >= 11 is 0. The fraction of sp³-hybridized carbons (Fsp3) is 0.619. The van der Waals surface area contributed by atoms with E-state index in [-0.39, 0.29) is 29.6 Å². The van der Waals surface area contributed by atoms with Gasteiger partial charge in [0.2, 0.25) is 5.91 Å². The molecule has 0 aromatic heterocycles. The molecule has 2 amide bonds. The molecular weight excluding hydrogens is 360 g/mol. The molecule has 154 valence electrons. The molecule has 2 fully saturated rings. The number of carbonyl (C=O) groups is 2. The second kappa shape index (κ2) is 7.53. The Hall–Kier alpha value is -2.44. The summed E-state index contributed by atoms with van der Waals surface area (Å²) in [5.41, 5.74) is 0.311. The molecule has 28 heavy (non-hydrogen) atoms. The van der Waals surface area contributed by atoms with Crippen molar-refractivity contribution in [2.24, 2.45) is 5.41 Å². The van der Waals surface area contributed by atoms with Crippen molar-refractivity contribution < 1.29 is 24.2 Å². The standard InChI is InChI=1S/C21H30N2O5/c1-20(2,3)28-19(26)23-13-21(14-23)7-9-22(10-8-21)18(25)12-15-11-16(24)5-6-17(15)27-4/h5-6,11,24H,7-10,12-14H2,1-4H3. The van der Waals surface area contributed by atoms with Crippen LogP contribution in [0.4, 0.5) is 4.79 Å². The van der Waals surface area contributed by atoms with Gasteiger partial charge in [0.1, 0.15) is 17.1 Å². The van der Waals surface area contributed by atoms with Crippen molar-refractivity contribution >= 4 is 12.0 Å². The number of benzene rings is 1. The minimum atomic E-state index is -0.484. The molecule has 0 bridgehead atoms. The maximum absolute atomic E-state index is 12.7. The second-order valence-corrected chi connectivity index (χ2v) is 8.89. The topological polar surface area (TPSA) is 79.3 Å². The zero-order valence-electron chi connectivity index (χ0n) is 17.2. The Kier molecular flexibility index (Phi) is 5.46. The molecule has 0 saturated carbocycles. The zero-order valence-corrected chi connectivity index (χ0v) is 17.2. The fourth-order valence-electron chi connectivity index (χ4n) is 3.94. The van der Waals surface area contributed by atoms with Gasteiger partial charge in [0.15, 0.2) is 0 Å². The van der Waals surface area contributed by atoms with Crippen LogP contribution < -0.4 is 4.74 Å². The number of carbonyl (C=O) groups excluding carboxylic acids is 2. The molecule has 0 aliphatic carbocycles. The molecule has 1 spiro atoms. The van der Waals surface area contributed by atoms with Gasteiger partial charge in [0.05, 0.1) is 13.5 Å². The number of likely N-dealkylation sites (tertiary alicyclic amines) is 2. The number of hydrogen-bond donors (Lipinski definition) is 1. The Morgan fingerprint density at radius 2 is 1.79 bits per heavy atom. The van der Waals surface area contributed by atoms with E-state index in [0.29, 0.717) is 37.5 Å². The number of aromatic hydroxyl groups is 1. The normalized spacial score (nSPS) is 18.6. The van der Waals surface area contributed by atoms with Gasteiger partial charge in [0.25, 0.3) is 0 Å². The van der Waals surface area contributed by atoms with Crippen LogP contribution in [0.15, 0.2) is 18.2 Å². The third kappa shape index (κ3) is 4.51. The molecule has 1 aromatic carbocycles. The first-order chi connectivity index (χ1) is 13.1. The first kappa shape index (κ1) is 20.3. The van der Waals surface area contributed by atoms with E-state index in [9.17, 15) is 14.7 Å². The molecule has 7 heteroatoms. The number of piperidine rings is 1. The Labute approximate surface area is 166 Å². The van der Waals surface area contributed by atoms with E-state index in [1.54, 1.807) is 30.2 Å². The van der Waals surface area contributed by atoms with Crippen molar-refractivity contribution in [3.8, 4) is 11.5 Å². The molecule has 3 rings (SSSR count). The van der Waals surface area contributed by atoms with Gasteiger partial charge in [-0.05, 0) is 51.8 Å². The molecular formula is C21H30N2O5. The van der Waals surface area contributed by atoms with Gasteiger partial charge in [-0.3, -0.25) is 4.79 Å². The predicted molar refractivity (Wildman–Crippen MR) is 104 cm³/mol. The Bertz CT molecular complexity index is 740. The van der Waals surface area contributed by atoms with Crippen LogP contribution in [-0.4, -0.2) is 65.8 Å². The van der Waals surface area contributed by atoms with Crippen LogP contribution in [0.5, 0.6) is 11.5 Å². The quantitative estimate of drug-likeness (QED) is 0.859. The van der Waals surface area contributed by atoms with Gasteiger partial charge in [-0.15, -0.1) is 0 Å². The van der Waals surface area contributed by atoms with Crippen LogP contribution in [0.3, 0.4) is 0 Å². The average Bonchev–Trinajstić information content (AvgIpc) is 2.58. The second-order valence-electron chi connectivity index (χ2n) is 8.89. The van der Waals surface area contributed by atoms with Crippen molar-refractivity contribution in [1.29, 1.82) is 0 Å². The SMILES string of the molecule is COc1ccc(O)cc1CC(=O)N1CCC2(CC1)CN(C(=O)OC(C)(C)C)C2. The van der Waals surface area contributed by atoms with Gasteiger partial charge in [-0.25, -0.2) is 4.79 Å². The van der Waals surface area contributed by atoms with E-state index >= 15 is 0 Å². The highest BCUT2D eigenvalue weighted by Crippen LogP contribution is 2.41. The molecule has 2 heterocycles. The highest BCUT2D eigenvalue weighted by Gasteiger charge is 2.48. The number of phenolic OH excluding ortho intramolecular Hbond substituents is 1. The predicted octanol–water partition coefficient (Wildman–Crippen LogP) is 2.80. The largest absolute Gasteiger partial charge is 0.508 e. The summed E-state index contributed by atoms with van der Waals surface area (Å²) in [5, 5.41) is 9.68. The van der Waals surface area contributed by atoms with Crippen LogP contribution in [0.2, 0.25) is 0 Å². The van der Waals surface area contributed by atoms with Crippen molar-refractivity contribution in [1.82, 2.24) is 9.80 Å². The Morgan fingerprint density at radius 3 is 2.36 bits per heavy atom. The summed E-state index contributed by atoms with van der Waals surface area (Å²) in [6.45, 7) is 8.36. The molecule has 1 aromatic rings. The summed E-state index contributed by atoms with van der Waals surface area (Å²) in [4.78, 5) is 28.5. The van der Waals surface area contributed by atoms with E-state index in [2.05, 4.69) is 0 Å². The first-order valence-corrected chi connectivity index (χ1v) is 9.72. The molecule has 0 unspecified atom stereocenters. The third-order valence-corrected chi connectivity index (χ3v) is 5.49. The summed E-state index contributed by atoms with van der Waals surface area (Å²) in [6.07, 6.45) is 1.71. The van der Waals surface area contributed by atoms with Crippen LogP contribution in [-0.2, 0) is 16.0 Å². The molecule has 7 nitrogen and oxygen atoms in total. The number of amides is 2. The van der Waals surface area contributed by atoms with Gasteiger partial charge in [0, 0.05) is 37.2 Å². The van der Waals surface area contributed by atoms with Crippen molar-refractivity contribution in [2.75, 3.05) is 33.3 Å². The van der Waals surface area contributed by atoms with Gasteiger partial charge >= 0.3 is 6.09 Å². The minimum Gasteiger partial charge on any atom is -0.508 e. The van der Waals surface area contributed by atoms with Crippen LogP contribution in [0.1, 0.15) is 39.2 Å². The Balaban J connectivity index is 1.50. The highest BCUT2D eigenvalue weighted by atomic mass is 16.6. The minimum absolute atomic E-state index is 0.0297. The number of hydrogen-bond acceptors (Lipinski definition) is 5. The molecule has 2 aliphatic rings. The number of phenols is 1. The molecule has 2 saturated heterocycles. The lowest BCUT2D eigenvalue weighted by Gasteiger charge is -2.53. The maximum atomic E-state index is 12.7. The van der Waals surface area contributed by atoms with Gasteiger partial charge < -0.3 is 24.4 Å². The van der Waals surface area contributed by atoms with E-state index in [1.165, 1.54) is 0 Å². The lowest BCUT2D eigenvalue weighted by atomic mass is 9.72. The molecule has 0 radical (unpaired) electrons. The molecule has 2 aliphatic heterocycles. The molecule has 0 atom stereocenters. The number of nitrogens with zero attached hydrogens (tertiary/aromatic N) is 2. The summed E-state index contributed by atoms with van der Waals surface area (Å²) < 4.78 is 10.7. The number of ether oxygens (including phenoxy) is 2. The van der Waals surface area contributed by atoms with Crippen molar-refractivity contribution in [3.05, 3.63) is 23.8 Å². The van der Waals surface area contributed by atoms with Crippen LogP contribution in [0, 0.1) is 5.41 Å². The van der Waals surface area contributed by atoms with E-state index in [0.717, 1.165) is 12.8 Å². The average molecular weight is 390 g/mol. The third-order valence-electron chi connectivity index (χ3n) is 5.49. The zero-order chi connectivity index (χ0) is 20.5.